The summed E-state index contributed by atoms with van der Waals surface area (Å²) in [7, 11) is 0. The van der Waals surface area contributed by atoms with Gasteiger partial charge >= 0.3 is 12.4 Å². The molecule has 9 heteroatoms. The van der Waals surface area contributed by atoms with Gasteiger partial charge in [0.25, 0.3) is 5.91 Å². The van der Waals surface area contributed by atoms with Crippen molar-refractivity contribution in [3.63, 3.8) is 0 Å². The van der Waals surface area contributed by atoms with Crippen LogP contribution in [0.4, 0.5) is 32.0 Å². The minimum atomic E-state index is -4.54. The van der Waals surface area contributed by atoms with Crippen LogP contribution in [0.3, 0.4) is 0 Å². The van der Waals surface area contributed by atoms with Crippen LogP contribution >= 0.6 is 0 Å². The van der Waals surface area contributed by atoms with Crippen LogP contribution in [0.5, 0.6) is 0 Å². The number of nitrogens with one attached hydrogen (secondary N) is 1. The average molecular weight is 526 g/mol. The number of carbonyl (C=O) groups excluding carboxylic acids is 1. The van der Waals surface area contributed by atoms with Gasteiger partial charge < -0.3 is 5.32 Å². The second kappa shape index (κ2) is 10.5. The number of anilines is 1. The van der Waals surface area contributed by atoms with E-state index in [-0.39, 0.29) is 5.57 Å². The Labute approximate surface area is 214 Å². The van der Waals surface area contributed by atoms with E-state index in [1.165, 1.54) is 36.4 Å². The second-order valence-corrected chi connectivity index (χ2v) is 8.44. The van der Waals surface area contributed by atoms with Crippen molar-refractivity contribution < 1.29 is 31.1 Å². The highest BCUT2D eigenvalue weighted by Crippen LogP contribution is 2.34. The number of benzene rings is 3. The first-order chi connectivity index (χ1) is 17.9. The van der Waals surface area contributed by atoms with Gasteiger partial charge in [0.15, 0.2) is 0 Å². The minimum absolute atomic E-state index is 0.271. The molecule has 1 heterocycles. The Kier molecular flexibility index (Phi) is 7.39. The van der Waals surface area contributed by atoms with E-state index >= 15 is 0 Å². The van der Waals surface area contributed by atoms with Crippen LogP contribution in [-0.4, -0.2) is 10.9 Å². The fourth-order valence-corrected chi connectivity index (χ4v) is 3.77. The highest BCUT2D eigenvalue weighted by atomic mass is 19.4. The van der Waals surface area contributed by atoms with Crippen LogP contribution < -0.4 is 5.32 Å². The summed E-state index contributed by atoms with van der Waals surface area (Å²) in [6, 6.07) is 15.6. The van der Waals surface area contributed by atoms with E-state index in [2.05, 4.69) is 10.3 Å². The number of halogens is 6. The zero-order valence-corrected chi connectivity index (χ0v) is 19.9. The predicted octanol–water partition coefficient (Wildman–Crippen LogP) is 8.29. The van der Waals surface area contributed by atoms with Crippen molar-refractivity contribution in [1.29, 1.82) is 0 Å². The molecule has 0 radical (unpaired) electrons. The number of amides is 1. The summed E-state index contributed by atoms with van der Waals surface area (Å²) in [6.07, 6.45) is -2.85. The van der Waals surface area contributed by atoms with Crippen LogP contribution in [0.15, 0.2) is 103 Å². The summed E-state index contributed by atoms with van der Waals surface area (Å²) >= 11 is 0. The van der Waals surface area contributed by atoms with Gasteiger partial charge in [-0.05, 0) is 60.0 Å². The molecule has 38 heavy (non-hydrogen) atoms. The predicted molar refractivity (Wildman–Crippen MR) is 134 cm³/mol. The SMILES string of the molecule is C/C(=C\C=C(c1ccc(C(F)(F)F)cc1)c1ccc(C(F)(F)F)cc1)C(=O)Nc1cccc2cnccc12. The van der Waals surface area contributed by atoms with Crippen LogP contribution in [0.25, 0.3) is 16.3 Å². The molecule has 1 aromatic heterocycles. The van der Waals surface area contributed by atoms with Gasteiger partial charge in [-0.15, -0.1) is 0 Å². The van der Waals surface area contributed by atoms with E-state index in [4.69, 9.17) is 0 Å². The number of pyridine rings is 1. The van der Waals surface area contributed by atoms with Crippen molar-refractivity contribution in [2.24, 2.45) is 0 Å². The molecular weight excluding hydrogens is 506 g/mol. The standard InChI is InChI=1S/C29H20F6N2O/c1-18(27(38)37-26-4-2-3-21-17-36-16-15-25(21)26)5-14-24(19-6-10-22(11-7-19)28(30,31)32)20-8-12-23(13-9-20)29(33,34)35/h2-17H,1H3,(H,37,38)/b18-5+. The Morgan fingerprint density at radius 1 is 0.763 bits per heavy atom. The van der Waals surface area contributed by atoms with Crippen molar-refractivity contribution in [2.45, 2.75) is 19.3 Å². The minimum Gasteiger partial charge on any atom is -0.322 e. The maximum Gasteiger partial charge on any atom is 0.416 e. The van der Waals surface area contributed by atoms with Crippen molar-refractivity contribution in [1.82, 2.24) is 4.98 Å². The van der Waals surface area contributed by atoms with Crippen molar-refractivity contribution in [2.75, 3.05) is 5.32 Å². The summed E-state index contributed by atoms with van der Waals surface area (Å²) in [6.45, 7) is 1.55. The molecule has 0 aliphatic heterocycles. The molecule has 1 amide bonds. The van der Waals surface area contributed by atoms with Gasteiger partial charge in [0.2, 0.25) is 0 Å². The third-order valence-electron chi connectivity index (χ3n) is 5.83. The highest BCUT2D eigenvalue weighted by Gasteiger charge is 2.31. The van der Waals surface area contributed by atoms with Crippen LogP contribution in [0.1, 0.15) is 29.2 Å². The lowest BCUT2D eigenvalue weighted by Crippen LogP contribution is -2.12. The quantitative estimate of drug-likeness (QED) is 0.162. The zero-order valence-electron chi connectivity index (χ0n) is 19.9. The number of alkyl halides is 6. The molecular formula is C29H20F6N2O. The van der Waals surface area contributed by atoms with Crippen LogP contribution in [0, 0.1) is 0 Å². The molecule has 4 aromatic rings. The number of allylic oxidation sites excluding steroid dienone is 2. The molecule has 0 aliphatic carbocycles. The maximum absolute atomic E-state index is 13.0. The summed E-state index contributed by atoms with van der Waals surface area (Å²) in [5, 5.41) is 4.44. The first kappa shape index (κ1) is 26.7. The normalized spacial score (nSPS) is 12.3. The van der Waals surface area contributed by atoms with Gasteiger partial charge in [-0.3, -0.25) is 9.78 Å². The Balaban J connectivity index is 1.68. The molecule has 0 aliphatic rings. The lowest BCUT2D eigenvalue weighted by atomic mass is 9.95. The molecule has 0 spiro atoms. The van der Waals surface area contributed by atoms with Crippen molar-refractivity contribution >= 4 is 27.9 Å². The first-order valence-electron chi connectivity index (χ1n) is 11.3. The zero-order chi connectivity index (χ0) is 27.5. The Hall–Kier alpha value is -4.40. The second-order valence-electron chi connectivity index (χ2n) is 8.44. The number of hydrogen-bond acceptors (Lipinski definition) is 2. The number of nitrogens with zero attached hydrogens (tertiary/aromatic N) is 1. The number of fused-ring (bicyclic) bond motifs is 1. The van der Waals surface area contributed by atoms with E-state index in [1.54, 1.807) is 37.5 Å². The molecule has 1 N–H and O–H groups in total. The third kappa shape index (κ3) is 6.11. The maximum atomic E-state index is 13.0. The highest BCUT2D eigenvalue weighted by molar-refractivity contribution is 6.08. The van der Waals surface area contributed by atoms with Gasteiger partial charge in [0.05, 0.1) is 11.1 Å². The summed E-state index contributed by atoms with van der Waals surface area (Å²) in [4.78, 5) is 16.9. The van der Waals surface area contributed by atoms with Gasteiger partial charge in [-0.2, -0.15) is 26.3 Å². The molecule has 4 rings (SSSR count). The Bertz CT molecular complexity index is 1450. The van der Waals surface area contributed by atoms with Gasteiger partial charge in [-0.1, -0.05) is 48.6 Å². The summed E-state index contributed by atoms with van der Waals surface area (Å²) in [5.41, 5.74) is 0.141. The van der Waals surface area contributed by atoms with E-state index < -0.39 is 29.4 Å². The Morgan fingerprint density at radius 2 is 1.32 bits per heavy atom. The van der Waals surface area contributed by atoms with Crippen molar-refractivity contribution in [3.05, 3.63) is 125 Å². The molecule has 0 bridgehead atoms. The van der Waals surface area contributed by atoms with E-state index in [9.17, 15) is 31.1 Å². The van der Waals surface area contributed by atoms with Crippen LogP contribution in [-0.2, 0) is 17.1 Å². The van der Waals surface area contributed by atoms with Gasteiger partial charge in [0.1, 0.15) is 0 Å². The molecule has 0 saturated carbocycles. The van der Waals surface area contributed by atoms with Crippen molar-refractivity contribution in [3.8, 4) is 0 Å². The molecule has 194 valence electrons. The monoisotopic (exact) mass is 526 g/mol. The number of aromatic nitrogens is 1. The summed E-state index contributed by atoms with van der Waals surface area (Å²) < 4.78 is 78.2. The smallest absolute Gasteiger partial charge is 0.322 e. The lowest BCUT2D eigenvalue weighted by molar-refractivity contribution is -0.138. The molecule has 3 nitrogen and oxygen atoms in total. The molecule has 0 fully saturated rings. The van der Waals surface area contributed by atoms with E-state index in [1.807, 2.05) is 6.07 Å². The average Bonchev–Trinajstić information content (AvgIpc) is 2.88. The third-order valence-corrected chi connectivity index (χ3v) is 5.83. The first-order valence-corrected chi connectivity index (χ1v) is 11.3. The fraction of sp³-hybridized carbons (Fsp3) is 0.103. The number of hydrogen-bond donors (Lipinski definition) is 1. The number of rotatable bonds is 5. The lowest BCUT2D eigenvalue weighted by Gasteiger charge is -2.13. The van der Waals surface area contributed by atoms with Gasteiger partial charge in [0, 0.05) is 34.4 Å². The van der Waals surface area contributed by atoms with Crippen LogP contribution in [0.2, 0.25) is 0 Å². The van der Waals surface area contributed by atoms with E-state index in [0.29, 0.717) is 22.4 Å². The molecule has 0 saturated heterocycles. The molecule has 3 aromatic carbocycles. The van der Waals surface area contributed by atoms with E-state index in [0.717, 1.165) is 35.0 Å². The molecule has 0 atom stereocenters. The van der Waals surface area contributed by atoms with Gasteiger partial charge in [-0.25, -0.2) is 0 Å². The fourth-order valence-electron chi connectivity index (χ4n) is 3.77. The largest absolute Gasteiger partial charge is 0.416 e. The topological polar surface area (TPSA) is 42.0 Å². The summed E-state index contributed by atoms with van der Waals surface area (Å²) in [5.74, 6) is -0.426. The Morgan fingerprint density at radius 3 is 1.84 bits per heavy atom. The molecule has 0 unspecified atom stereocenters. The number of carbonyl (C=O) groups is 1.